The van der Waals surface area contributed by atoms with Crippen LogP contribution in [0.25, 0.3) is 0 Å². The second-order valence-electron chi connectivity index (χ2n) is 6.70. The van der Waals surface area contributed by atoms with Crippen LogP contribution in [0.2, 0.25) is 0 Å². The number of nitrogens with zero attached hydrogens (tertiary/aromatic N) is 3. The van der Waals surface area contributed by atoms with E-state index in [9.17, 15) is 0 Å². The fourth-order valence-corrected chi connectivity index (χ4v) is 3.32. The second kappa shape index (κ2) is 6.95. The molecule has 1 aliphatic carbocycles. The van der Waals surface area contributed by atoms with Crippen LogP contribution in [0.3, 0.4) is 0 Å². The number of likely N-dealkylation sites (N-methyl/N-ethyl adjacent to an activating group) is 1. The van der Waals surface area contributed by atoms with Gasteiger partial charge >= 0.3 is 0 Å². The monoisotopic (exact) mass is 290 g/mol. The summed E-state index contributed by atoms with van der Waals surface area (Å²) in [6.07, 6.45) is 7.41. The van der Waals surface area contributed by atoms with Gasteiger partial charge in [0.1, 0.15) is 0 Å². The number of hydrogen-bond donors (Lipinski definition) is 1. The molecule has 2 heterocycles. The van der Waals surface area contributed by atoms with Gasteiger partial charge in [0, 0.05) is 57.7 Å². The molecule has 0 spiro atoms. The second-order valence-corrected chi connectivity index (χ2v) is 6.70. The number of rotatable bonds is 7. The molecule has 1 saturated heterocycles. The van der Waals surface area contributed by atoms with Gasteiger partial charge < -0.3 is 14.8 Å². The Morgan fingerprint density at radius 2 is 1.95 bits per heavy atom. The summed E-state index contributed by atoms with van der Waals surface area (Å²) in [5, 5.41) is 3.66. The van der Waals surface area contributed by atoms with E-state index in [4.69, 9.17) is 0 Å². The van der Waals surface area contributed by atoms with Crippen molar-refractivity contribution in [2.24, 2.45) is 5.92 Å². The predicted octanol–water partition coefficient (Wildman–Crippen LogP) is 1.80. The largest absolute Gasteiger partial charge is 0.353 e. The molecule has 1 N–H and O–H groups in total. The molecule has 0 amide bonds. The average molecular weight is 290 g/mol. The SMILES string of the molecule is CCNC(c1ccn(CCN2CCN(C)CC2)c1)C1CC1. The summed E-state index contributed by atoms with van der Waals surface area (Å²) in [5.41, 5.74) is 1.48. The van der Waals surface area contributed by atoms with E-state index in [1.165, 1.54) is 51.1 Å². The Morgan fingerprint density at radius 3 is 2.62 bits per heavy atom. The van der Waals surface area contributed by atoms with Gasteiger partial charge in [-0.3, -0.25) is 4.90 Å². The first-order valence-corrected chi connectivity index (χ1v) is 8.56. The van der Waals surface area contributed by atoms with E-state index in [1.54, 1.807) is 0 Å². The van der Waals surface area contributed by atoms with Gasteiger partial charge in [0.2, 0.25) is 0 Å². The van der Waals surface area contributed by atoms with Crippen molar-refractivity contribution in [1.29, 1.82) is 0 Å². The number of aromatic nitrogens is 1. The first-order valence-electron chi connectivity index (χ1n) is 8.56. The van der Waals surface area contributed by atoms with Crippen molar-refractivity contribution in [1.82, 2.24) is 19.7 Å². The summed E-state index contributed by atoms with van der Waals surface area (Å²) in [4.78, 5) is 5.00. The van der Waals surface area contributed by atoms with Gasteiger partial charge in [0.05, 0.1) is 0 Å². The molecule has 21 heavy (non-hydrogen) atoms. The van der Waals surface area contributed by atoms with Gasteiger partial charge in [-0.15, -0.1) is 0 Å². The fourth-order valence-electron chi connectivity index (χ4n) is 3.32. The first-order chi connectivity index (χ1) is 10.3. The maximum atomic E-state index is 3.66. The first kappa shape index (κ1) is 15.1. The molecule has 1 atom stereocenters. The van der Waals surface area contributed by atoms with Crippen LogP contribution in [0.15, 0.2) is 18.5 Å². The van der Waals surface area contributed by atoms with E-state index in [0.717, 1.165) is 19.0 Å². The maximum absolute atomic E-state index is 3.66. The Morgan fingerprint density at radius 1 is 1.19 bits per heavy atom. The molecule has 0 aromatic carbocycles. The van der Waals surface area contributed by atoms with Crippen molar-refractivity contribution in [2.75, 3.05) is 46.3 Å². The van der Waals surface area contributed by atoms with Crippen LogP contribution in [0.4, 0.5) is 0 Å². The molecule has 1 unspecified atom stereocenters. The molecule has 2 fully saturated rings. The average Bonchev–Trinajstić information content (AvgIpc) is 3.22. The zero-order valence-electron chi connectivity index (χ0n) is 13.6. The third-order valence-electron chi connectivity index (χ3n) is 4.92. The highest BCUT2D eigenvalue weighted by Gasteiger charge is 2.32. The van der Waals surface area contributed by atoms with E-state index >= 15 is 0 Å². The fraction of sp³-hybridized carbons (Fsp3) is 0.765. The van der Waals surface area contributed by atoms with Crippen LogP contribution in [0, 0.1) is 5.92 Å². The van der Waals surface area contributed by atoms with Gasteiger partial charge in [-0.25, -0.2) is 0 Å². The minimum absolute atomic E-state index is 0.583. The van der Waals surface area contributed by atoms with Crippen molar-refractivity contribution in [2.45, 2.75) is 32.4 Å². The Kier molecular flexibility index (Phi) is 4.99. The lowest BCUT2D eigenvalue weighted by atomic mass is 10.1. The van der Waals surface area contributed by atoms with Gasteiger partial charge in [-0.1, -0.05) is 6.92 Å². The standard InChI is InChI=1S/C17H30N4/c1-3-18-17(15-4-5-15)16-6-7-21(14-16)13-12-20-10-8-19(2)9-11-20/h6-7,14-15,17-18H,3-5,8-13H2,1-2H3. The van der Waals surface area contributed by atoms with Crippen LogP contribution in [0.5, 0.6) is 0 Å². The highest BCUT2D eigenvalue weighted by molar-refractivity contribution is 5.18. The third kappa shape index (κ3) is 4.09. The maximum Gasteiger partial charge on any atom is 0.0363 e. The Hall–Kier alpha value is -0.840. The van der Waals surface area contributed by atoms with Crippen molar-refractivity contribution in [3.05, 3.63) is 24.0 Å². The number of piperazine rings is 1. The predicted molar refractivity (Wildman–Crippen MR) is 87.5 cm³/mol. The summed E-state index contributed by atoms with van der Waals surface area (Å²) in [7, 11) is 2.22. The smallest absolute Gasteiger partial charge is 0.0363 e. The minimum atomic E-state index is 0.583. The van der Waals surface area contributed by atoms with Crippen LogP contribution >= 0.6 is 0 Å². The minimum Gasteiger partial charge on any atom is -0.353 e. The molecule has 1 aromatic heterocycles. The third-order valence-corrected chi connectivity index (χ3v) is 4.92. The van der Waals surface area contributed by atoms with Crippen molar-refractivity contribution >= 4 is 0 Å². The molecule has 1 aromatic rings. The molecule has 1 aliphatic heterocycles. The van der Waals surface area contributed by atoms with E-state index < -0.39 is 0 Å². The molecule has 4 nitrogen and oxygen atoms in total. The lowest BCUT2D eigenvalue weighted by Crippen LogP contribution is -2.45. The molecule has 4 heteroatoms. The summed E-state index contributed by atoms with van der Waals surface area (Å²) in [5.74, 6) is 0.874. The summed E-state index contributed by atoms with van der Waals surface area (Å²) >= 11 is 0. The summed E-state index contributed by atoms with van der Waals surface area (Å²) in [6, 6.07) is 2.90. The van der Waals surface area contributed by atoms with Gasteiger partial charge in [0.25, 0.3) is 0 Å². The highest BCUT2D eigenvalue weighted by atomic mass is 15.2. The van der Waals surface area contributed by atoms with Gasteiger partial charge in [-0.05, 0) is 44.0 Å². The topological polar surface area (TPSA) is 23.4 Å². The Bertz CT molecular complexity index is 430. The molecule has 1 saturated carbocycles. The van der Waals surface area contributed by atoms with E-state index in [-0.39, 0.29) is 0 Å². The molecule has 3 rings (SSSR count). The molecular formula is C17H30N4. The van der Waals surface area contributed by atoms with Crippen LogP contribution in [-0.4, -0.2) is 60.7 Å². The zero-order valence-corrected chi connectivity index (χ0v) is 13.6. The zero-order chi connectivity index (χ0) is 14.7. The lowest BCUT2D eigenvalue weighted by Gasteiger charge is -2.32. The van der Waals surface area contributed by atoms with Crippen LogP contribution in [0.1, 0.15) is 31.4 Å². The van der Waals surface area contributed by atoms with Gasteiger partial charge in [-0.2, -0.15) is 0 Å². The van der Waals surface area contributed by atoms with Crippen molar-refractivity contribution in [3.8, 4) is 0 Å². The van der Waals surface area contributed by atoms with Crippen molar-refractivity contribution < 1.29 is 0 Å². The van der Waals surface area contributed by atoms with E-state index in [1.807, 2.05) is 0 Å². The quantitative estimate of drug-likeness (QED) is 0.828. The highest BCUT2D eigenvalue weighted by Crippen LogP contribution is 2.40. The van der Waals surface area contributed by atoms with Crippen LogP contribution in [-0.2, 0) is 6.54 Å². The van der Waals surface area contributed by atoms with E-state index in [2.05, 4.69) is 52.1 Å². The molecule has 0 bridgehead atoms. The summed E-state index contributed by atoms with van der Waals surface area (Å²) < 4.78 is 2.38. The van der Waals surface area contributed by atoms with Crippen molar-refractivity contribution in [3.63, 3.8) is 0 Å². The lowest BCUT2D eigenvalue weighted by molar-refractivity contribution is 0.150. The molecule has 118 valence electrons. The van der Waals surface area contributed by atoms with E-state index in [0.29, 0.717) is 6.04 Å². The molecule has 0 radical (unpaired) electrons. The molecule has 2 aliphatic rings. The number of nitrogens with one attached hydrogen (secondary N) is 1. The Balaban J connectivity index is 1.50. The van der Waals surface area contributed by atoms with Crippen LogP contribution < -0.4 is 5.32 Å². The Labute approximate surface area is 129 Å². The molecular weight excluding hydrogens is 260 g/mol. The number of hydrogen-bond acceptors (Lipinski definition) is 3. The normalized spacial score (nSPS) is 22.6. The summed E-state index contributed by atoms with van der Waals surface area (Å²) in [6.45, 7) is 10.4. The van der Waals surface area contributed by atoms with Gasteiger partial charge in [0.15, 0.2) is 0 Å².